The molecule has 0 atom stereocenters. The molecule has 1 aliphatic rings. The highest BCUT2D eigenvalue weighted by Crippen LogP contribution is 2.34. The average Bonchev–Trinajstić information content (AvgIpc) is 2.80. The lowest BCUT2D eigenvalue weighted by molar-refractivity contribution is -0.120. The molecule has 0 bridgehead atoms. The largest absolute Gasteiger partial charge is 0.731 e. The zero-order chi connectivity index (χ0) is 16.4. The Morgan fingerprint density at radius 3 is 2.55 bits per heavy atom. The normalized spacial score (nSPS) is 15.9. The van der Waals surface area contributed by atoms with Crippen LogP contribution < -0.4 is 5.48 Å². The number of nitrogens with zero attached hydrogens (tertiary/aromatic N) is 1. The van der Waals surface area contributed by atoms with Gasteiger partial charge in [-0.05, 0) is 12.1 Å². The van der Waals surface area contributed by atoms with Crippen molar-refractivity contribution < 1.29 is 32.4 Å². The van der Waals surface area contributed by atoms with Crippen LogP contribution in [0.15, 0.2) is 46.1 Å². The maximum Gasteiger partial charge on any atom is 0.328 e. The number of nitrogens with one attached hydrogen (secondary N) is 1. The van der Waals surface area contributed by atoms with Crippen molar-refractivity contribution in [3.63, 3.8) is 0 Å². The van der Waals surface area contributed by atoms with Crippen LogP contribution in [-0.4, -0.2) is 36.2 Å². The van der Waals surface area contributed by atoms with Gasteiger partial charge in [-0.25, -0.2) is 13.9 Å². The van der Waals surface area contributed by atoms with Crippen LogP contribution in [0.2, 0.25) is 0 Å². The van der Waals surface area contributed by atoms with Gasteiger partial charge < -0.3 is 19.7 Å². The number of rotatable bonds is 6. The Kier molecular flexibility index (Phi) is 4.75. The molecule has 0 spiro atoms. The topological polar surface area (TPSA) is 148 Å². The molecule has 122 valence electrons. The molecule has 22 heavy (non-hydrogen) atoms. The lowest BCUT2D eigenvalue weighted by atomic mass is 10.4. The van der Waals surface area contributed by atoms with Gasteiger partial charge in [-0.2, -0.15) is 4.94 Å². The second-order valence-electron chi connectivity index (χ2n) is 4.14. The van der Waals surface area contributed by atoms with Crippen LogP contribution in [-0.2, 0) is 24.1 Å². The van der Waals surface area contributed by atoms with Crippen LogP contribution in [0.5, 0.6) is 0 Å². The molecule has 1 aromatic carbocycles. The maximum atomic E-state index is 12.4. The molecular weight excluding hydrogens is 339 g/mol. The summed E-state index contributed by atoms with van der Waals surface area (Å²) in [7, 11) is -8.53. The maximum absolute atomic E-state index is 12.4. The summed E-state index contributed by atoms with van der Waals surface area (Å²) in [6.07, 6.45) is -0.643. The van der Waals surface area contributed by atoms with Crippen LogP contribution in [0.25, 0.3) is 0 Å². The van der Waals surface area contributed by atoms with E-state index < -0.39 is 41.1 Å². The van der Waals surface area contributed by atoms with Gasteiger partial charge in [-0.15, -0.1) is 0 Å². The molecule has 0 saturated heterocycles. The van der Waals surface area contributed by atoms with Gasteiger partial charge in [-0.3, -0.25) is 9.79 Å². The molecule has 10 nitrogen and oxygen atoms in total. The van der Waals surface area contributed by atoms with Crippen molar-refractivity contribution in [2.24, 2.45) is 0 Å². The quantitative estimate of drug-likeness (QED) is 0.599. The smallest absolute Gasteiger partial charge is 0.328 e. The number of hydrogen-bond donors (Lipinski definition) is 3. The number of hydroxylamine groups is 3. The fourth-order valence-corrected chi connectivity index (χ4v) is 3.19. The predicted molar refractivity (Wildman–Crippen MR) is 72.9 cm³/mol. The van der Waals surface area contributed by atoms with E-state index in [0.717, 1.165) is 0 Å². The summed E-state index contributed by atoms with van der Waals surface area (Å²) in [6.45, 7) is -0.502. The van der Waals surface area contributed by atoms with Gasteiger partial charge in [0.25, 0.3) is 5.88 Å². The van der Waals surface area contributed by atoms with Crippen LogP contribution in [0.4, 0.5) is 0 Å². The first-order chi connectivity index (χ1) is 10.2. The molecular formula is C10H12N2O8PS-. The second-order valence-corrected chi connectivity index (χ2v) is 7.78. The van der Waals surface area contributed by atoms with E-state index >= 15 is 0 Å². The number of ether oxygens (including phenoxy) is 1. The van der Waals surface area contributed by atoms with Crippen LogP contribution in [0.3, 0.4) is 0 Å². The zero-order valence-corrected chi connectivity index (χ0v) is 12.7. The SMILES string of the molecule is O=P(O)(O)CCOC1=C(S(=O)(=O)c2ccccc2)N([O-])ON1. The van der Waals surface area contributed by atoms with Crippen LogP contribution >= 0.6 is 7.60 Å². The van der Waals surface area contributed by atoms with Gasteiger partial charge in [0.2, 0.25) is 14.9 Å². The molecule has 0 aromatic heterocycles. The van der Waals surface area contributed by atoms with Gasteiger partial charge in [0, 0.05) is 0 Å². The number of sulfone groups is 1. The lowest BCUT2D eigenvalue weighted by Gasteiger charge is -2.22. The minimum Gasteiger partial charge on any atom is -0.731 e. The van der Waals surface area contributed by atoms with Crippen LogP contribution in [0.1, 0.15) is 0 Å². The van der Waals surface area contributed by atoms with E-state index in [0.29, 0.717) is 0 Å². The standard InChI is InChI=1S/C10H12N2O8PS/c13-12-10(22(17,18)8-4-2-1-3-5-8)9(11-20-12)19-6-7-21(14,15)16/h1-5,11H,6-7H2,(H2,14,15,16)/q-1. The Hall–Kier alpha value is -1.62. The monoisotopic (exact) mass is 351 g/mol. The van der Waals surface area contributed by atoms with E-state index in [1.807, 2.05) is 5.48 Å². The summed E-state index contributed by atoms with van der Waals surface area (Å²) in [5, 5.41) is 10.4. The van der Waals surface area contributed by atoms with E-state index in [4.69, 9.17) is 14.5 Å². The molecule has 1 heterocycles. The molecule has 0 fully saturated rings. The summed E-state index contributed by atoms with van der Waals surface area (Å²) >= 11 is 0. The highest BCUT2D eigenvalue weighted by molar-refractivity contribution is 7.95. The summed E-state index contributed by atoms with van der Waals surface area (Å²) < 4.78 is 40.4. The first-order valence-electron chi connectivity index (χ1n) is 5.84. The third kappa shape index (κ3) is 3.77. The molecule has 0 amide bonds. The van der Waals surface area contributed by atoms with Gasteiger partial charge in [0.15, 0.2) is 0 Å². The summed E-state index contributed by atoms with van der Waals surface area (Å²) in [4.78, 5) is 21.6. The van der Waals surface area contributed by atoms with Crippen molar-refractivity contribution in [3.05, 3.63) is 46.5 Å². The van der Waals surface area contributed by atoms with Gasteiger partial charge in [0.05, 0.1) is 11.1 Å². The van der Waals surface area contributed by atoms with Crippen LogP contribution in [0, 0.1) is 5.21 Å². The van der Waals surface area contributed by atoms with Crippen molar-refractivity contribution in [1.82, 2.24) is 10.7 Å². The average molecular weight is 351 g/mol. The minimum absolute atomic E-state index is 0.158. The Labute approximate surface area is 125 Å². The molecule has 1 aromatic rings. The molecule has 2 rings (SSSR count). The Morgan fingerprint density at radius 1 is 1.32 bits per heavy atom. The summed E-state index contributed by atoms with van der Waals surface area (Å²) in [5.74, 6) is -0.535. The van der Waals surface area contributed by atoms with Crippen molar-refractivity contribution in [1.29, 1.82) is 0 Å². The lowest BCUT2D eigenvalue weighted by Crippen LogP contribution is -2.19. The van der Waals surface area contributed by atoms with E-state index in [-0.39, 0.29) is 10.1 Å². The van der Waals surface area contributed by atoms with Gasteiger partial charge in [0.1, 0.15) is 6.61 Å². The van der Waals surface area contributed by atoms with Crippen molar-refractivity contribution in [2.45, 2.75) is 4.90 Å². The molecule has 0 radical (unpaired) electrons. The van der Waals surface area contributed by atoms with E-state index in [1.165, 1.54) is 24.3 Å². The first-order valence-corrected chi connectivity index (χ1v) is 9.12. The first kappa shape index (κ1) is 16.7. The molecule has 3 N–H and O–H groups in total. The Bertz CT molecular complexity index is 714. The Morgan fingerprint density at radius 2 is 1.95 bits per heavy atom. The van der Waals surface area contributed by atoms with Crippen molar-refractivity contribution in [3.8, 4) is 0 Å². The second kappa shape index (κ2) is 6.24. The van der Waals surface area contributed by atoms with Gasteiger partial charge in [-0.1, -0.05) is 18.2 Å². The van der Waals surface area contributed by atoms with E-state index in [9.17, 15) is 18.2 Å². The van der Waals surface area contributed by atoms with Gasteiger partial charge >= 0.3 is 7.60 Å². The number of benzene rings is 1. The fraction of sp³-hybridized carbons (Fsp3) is 0.200. The third-order valence-electron chi connectivity index (χ3n) is 2.52. The minimum atomic E-state index is -4.31. The zero-order valence-electron chi connectivity index (χ0n) is 10.9. The molecule has 0 saturated carbocycles. The summed E-state index contributed by atoms with van der Waals surface area (Å²) in [6, 6.07) is 7.10. The number of hydrogen-bond acceptors (Lipinski definition) is 8. The molecule has 0 unspecified atom stereocenters. The van der Waals surface area contributed by atoms with Crippen molar-refractivity contribution >= 4 is 17.4 Å². The predicted octanol–water partition coefficient (Wildman–Crippen LogP) is 0.0308. The summed E-state index contributed by atoms with van der Waals surface area (Å²) in [5.41, 5.74) is 1.96. The van der Waals surface area contributed by atoms with Crippen molar-refractivity contribution in [2.75, 3.05) is 12.8 Å². The third-order valence-corrected chi connectivity index (χ3v) is 5.02. The Balaban J connectivity index is 2.28. The highest BCUT2D eigenvalue weighted by atomic mass is 32.2. The molecule has 1 aliphatic heterocycles. The molecule has 12 heteroatoms. The highest BCUT2D eigenvalue weighted by Gasteiger charge is 2.33. The molecule has 0 aliphatic carbocycles. The van der Waals surface area contributed by atoms with E-state index in [1.54, 1.807) is 6.07 Å². The van der Waals surface area contributed by atoms with E-state index in [2.05, 4.69) is 4.94 Å². The fourth-order valence-electron chi connectivity index (χ4n) is 1.54.